The lowest BCUT2D eigenvalue weighted by molar-refractivity contribution is -0.121. The third-order valence-electron chi connectivity index (χ3n) is 0.781. The van der Waals surface area contributed by atoms with Crippen molar-refractivity contribution in [1.29, 1.82) is 0 Å². The van der Waals surface area contributed by atoms with E-state index in [9.17, 15) is 0 Å². The first-order valence-electron chi connectivity index (χ1n) is 2.66. The predicted molar refractivity (Wildman–Crippen MR) is 32.5 cm³/mol. The van der Waals surface area contributed by atoms with Crippen molar-refractivity contribution < 1.29 is 14.9 Å². The Balaban J connectivity index is 3.58. The second-order valence-electron chi connectivity index (χ2n) is 1.46. The van der Waals surface area contributed by atoms with Crippen molar-refractivity contribution in [2.45, 2.75) is 19.3 Å². The topological polar surface area (TPSA) is 49.7 Å². The summed E-state index contributed by atoms with van der Waals surface area (Å²) in [4.78, 5) is 0. The van der Waals surface area contributed by atoms with E-state index in [0.717, 1.165) is 0 Å². The molecule has 1 atom stereocenters. The molecule has 1 unspecified atom stereocenters. The number of aliphatic hydroxyl groups is 2. The Morgan fingerprint density at radius 2 is 2.22 bits per heavy atom. The molecule has 0 radical (unpaired) electrons. The number of hydrogen-bond acceptors (Lipinski definition) is 3. The van der Waals surface area contributed by atoms with Crippen LogP contribution in [-0.2, 0) is 4.74 Å². The molecule has 52 valence electrons. The van der Waals surface area contributed by atoms with Crippen LogP contribution in [0.25, 0.3) is 0 Å². The van der Waals surface area contributed by atoms with Gasteiger partial charge >= 0.3 is 0 Å². The molecule has 0 saturated heterocycles. The lowest BCUT2D eigenvalue weighted by Gasteiger charge is -2.11. The van der Waals surface area contributed by atoms with E-state index in [1.54, 1.807) is 6.92 Å². The summed E-state index contributed by atoms with van der Waals surface area (Å²) in [5, 5.41) is 16.9. The second-order valence-corrected chi connectivity index (χ2v) is 1.46. The van der Waals surface area contributed by atoms with Gasteiger partial charge in [0, 0.05) is 6.61 Å². The highest BCUT2D eigenvalue weighted by Crippen LogP contribution is 1.93. The molecule has 0 aromatic rings. The fourth-order valence-electron chi connectivity index (χ4n) is 0.400. The summed E-state index contributed by atoms with van der Waals surface area (Å²) in [5.41, 5.74) is 0. The van der Waals surface area contributed by atoms with Gasteiger partial charge in [0.25, 0.3) is 0 Å². The van der Waals surface area contributed by atoms with Crippen molar-refractivity contribution in [3.05, 3.63) is 0 Å². The van der Waals surface area contributed by atoms with Crippen molar-refractivity contribution in [3.63, 3.8) is 0 Å². The molecule has 0 aliphatic heterocycles. The summed E-state index contributed by atoms with van der Waals surface area (Å²) < 4.78 is 4.72. The highest BCUT2D eigenvalue weighted by molar-refractivity contribution is 4.95. The molecule has 0 aromatic heterocycles. The van der Waals surface area contributed by atoms with Crippen LogP contribution < -0.4 is 0 Å². The molecule has 0 aromatic carbocycles. The number of terminal acetylenes is 1. The third kappa shape index (κ3) is 3.09. The van der Waals surface area contributed by atoms with Gasteiger partial charge in [-0.15, -0.1) is 6.42 Å². The van der Waals surface area contributed by atoms with Gasteiger partial charge in [0.2, 0.25) is 0 Å². The highest BCUT2D eigenvalue weighted by Gasteiger charge is 2.11. The molecule has 0 rings (SSSR count). The predicted octanol–water partition coefficient (Wildman–Crippen LogP) is -0.665. The zero-order valence-electron chi connectivity index (χ0n) is 5.24. The average Bonchev–Trinajstić information content (AvgIpc) is 1.82. The van der Waals surface area contributed by atoms with Crippen LogP contribution >= 0.6 is 0 Å². The minimum atomic E-state index is -1.57. The van der Waals surface area contributed by atoms with Gasteiger partial charge in [-0.3, -0.25) is 0 Å². The fourth-order valence-corrected chi connectivity index (χ4v) is 0.400. The van der Waals surface area contributed by atoms with E-state index in [4.69, 9.17) is 21.4 Å². The van der Waals surface area contributed by atoms with E-state index in [-0.39, 0.29) is 0 Å². The molecule has 0 fully saturated rings. The third-order valence-corrected chi connectivity index (χ3v) is 0.781. The molecular weight excluding hydrogens is 120 g/mol. The van der Waals surface area contributed by atoms with Gasteiger partial charge in [0.15, 0.2) is 12.4 Å². The Hall–Kier alpha value is -0.560. The smallest absolute Gasteiger partial charge is 0.190 e. The molecule has 9 heavy (non-hydrogen) atoms. The first-order valence-corrected chi connectivity index (χ1v) is 2.66. The molecule has 3 nitrogen and oxygen atoms in total. The Morgan fingerprint density at radius 3 is 2.33 bits per heavy atom. The fraction of sp³-hybridized carbons (Fsp3) is 0.667. The van der Waals surface area contributed by atoms with Crippen molar-refractivity contribution in [1.82, 2.24) is 0 Å². The number of hydrogen-bond donors (Lipinski definition) is 2. The summed E-state index contributed by atoms with van der Waals surface area (Å²) in [6.07, 6.45) is 2.40. The second kappa shape index (κ2) is 4.33. The standard InChI is InChI=1S/C6H10O3/c1-3-5(6(7)8)9-4-2/h1,5-8H,4H2,2H3. The van der Waals surface area contributed by atoms with Gasteiger partial charge in [-0.05, 0) is 6.92 Å². The van der Waals surface area contributed by atoms with Crippen LogP contribution in [0.4, 0.5) is 0 Å². The van der Waals surface area contributed by atoms with Crippen molar-refractivity contribution >= 4 is 0 Å². The van der Waals surface area contributed by atoms with Crippen molar-refractivity contribution in [2.24, 2.45) is 0 Å². The van der Waals surface area contributed by atoms with E-state index < -0.39 is 12.4 Å². The molecule has 0 aliphatic rings. The van der Waals surface area contributed by atoms with Crippen LogP contribution in [0.1, 0.15) is 6.92 Å². The van der Waals surface area contributed by atoms with Crippen LogP contribution in [0.15, 0.2) is 0 Å². The van der Waals surface area contributed by atoms with Crippen LogP contribution in [0, 0.1) is 12.3 Å². The molecule has 0 heterocycles. The SMILES string of the molecule is C#CC(OCC)C(O)O. The van der Waals surface area contributed by atoms with Crippen LogP contribution in [0.5, 0.6) is 0 Å². The molecule has 0 aliphatic carbocycles. The molecule has 0 saturated carbocycles. The molecule has 0 amide bonds. The van der Waals surface area contributed by atoms with Crippen LogP contribution in [0.3, 0.4) is 0 Å². The Morgan fingerprint density at radius 1 is 1.67 bits per heavy atom. The largest absolute Gasteiger partial charge is 0.365 e. The van der Waals surface area contributed by atoms with Gasteiger partial charge in [0.1, 0.15) is 0 Å². The number of ether oxygens (including phenoxy) is 1. The average molecular weight is 130 g/mol. The maximum Gasteiger partial charge on any atom is 0.190 e. The van der Waals surface area contributed by atoms with Crippen molar-refractivity contribution in [3.8, 4) is 12.3 Å². The molecule has 0 spiro atoms. The molecule has 3 heteroatoms. The molecule has 0 bridgehead atoms. The maximum absolute atomic E-state index is 8.43. The Kier molecular flexibility index (Phi) is 4.06. The Bertz CT molecular complexity index is 103. The van der Waals surface area contributed by atoms with E-state index in [1.165, 1.54) is 0 Å². The zero-order valence-corrected chi connectivity index (χ0v) is 5.24. The van der Waals surface area contributed by atoms with E-state index >= 15 is 0 Å². The van der Waals surface area contributed by atoms with Crippen molar-refractivity contribution in [2.75, 3.05) is 6.61 Å². The lowest BCUT2D eigenvalue weighted by Crippen LogP contribution is -2.26. The monoisotopic (exact) mass is 130 g/mol. The number of aliphatic hydroxyl groups excluding tert-OH is 1. The molecule has 2 N–H and O–H groups in total. The minimum Gasteiger partial charge on any atom is -0.365 e. The Labute approximate surface area is 54.3 Å². The first-order chi connectivity index (χ1) is 4.22. The maximum atomic E-state index is 8.43. The lowest BCUT2D eigenvalue weighted by atomic mass is 10.4. The minimum absolute atomic E-state index is 0.381. The summed E-state index contributed by atoms with van der Waals surface area (Å²) >= 11 is 0. The summed E-state index contributed by atoms with van der Waals surface area (Å²) in [5.74, 6) is 2.08. The van der Waals surface area contributed by atoms with Gasteiger partial charge in [0.05, 0.1) is 0 Å². The van der Waals surface area contributed by atoms with Crippen LogP contribution in [-0.4, -0.2) is 29.2 Å². The van der Waals surface area contributed by atoms with E-state index in [2.05, 4.69) is 5.92 Å². The van der Waals surface area contributed by atoms with Gasteiger partial charge in [-0.2, -0.15) is 0 Å². The van der Waals surface area contributed by atoms with Gasteiger partial charge in [-0.1, -0.05) is 5.92 Å². The number of rotatable bonds is 3. The van der Waals surface area contributed by atoms with Gasteiger partial charge < -0.3 is 14.9 Å². The summed E-state index contributed by atoms with van der Waals surface area (Å²) in [6, 6.07) is 0. The summed E-state index contributed by atoms with van der Waals surface area (Å²) in [6.45, 7) is 2.11. The van der Waals surface area contributed by atoms with E-state index in [1.807, 2.05) is 0 Å². The zero-order chi connectivity index (χ0) is 7.28. The quantitative estimate of drug-likeness (QED) is 0.393. The van der Waals surface area contributed by atoms with E-state index in [0.29, 0.717) is 6.61 Å². The normalized spacial score (nSPS) is 13.2. The summed E-state index contributed by atoms with van der Waals surface area (Å²) in [7, 11) is 0. The highest BCUT2D eigenvalue weighted by atomic mass is 16.5. The molecular formula is C6H10O3. The van der Waals surface area contributed by atoms with Crippen LogP contribution in [0.2, 0.25) is 0 Å². The first kappa shape index (κ1) is 8.44. The van der Waals surface area contributed by atoms with Gasteiger partial charge in [-0.25, -0.2) is 0 Å².